The molecule has 3 N–H and O–H groups in total. The van der Waals surface area contributed by atoms with Crippen LogP contribution in [0, 0.1) is 0 Å². The highest BCUT2D eigenvalue weighted by Gasteiger charge is 2.28. The van der Waals surface area contributed by atoms with Crippen molar-refractivity contribution < 1.29 is 14.6 Å². The summed E-state index contributed by atoms with van der Waals surface area (Å²) in [5.41, 5.74) is -1.56. The van der Waals surface area contributed by atoms with Crippen molar-refractivity contribution in [1.29, 1.82) is 0 Å². The van der Waals surface area contributed by atoms with Gasteiger partial charge < -0.3 is 20.5 Å². The summed E-state index contributed by atoms with van der Waals surface area (Å²) >= 11 is 0. The van der Waals surface area contributed by atoms with Crippen molar-refractivity contribution in [3.05, 3.63) is 0 Å². The molecule has 0 aromatic rings. The first-order valence-corrected chi connectivity index (χ1v) is 6.00. The van der Waals surface area contributed by atoms with E-state index in [1.165, 1.54) is 0 Å². The first-order chi connectivity index (χ1) is 7.75. The zero-order valence-electron chi connectivity index (χ0n) is 11.6. The Labute approximate surface area is 104 Å². The summed E-state index contributed by atoms with van der Waals surface area (Å²) in [6.07, 6.45) is 0.491. The van der Waals surface area contributed by atoms with Crippen molar-refractivity contribution in [2.75, 3.05) is 26.8 Å². The van der Waals surface area contributed by atoms with Crippen LogP contribution >= 0.6 is 0 Å². The summed E-state index contributed by atoms with van der Waals surface area (Å²) in [7, 11) is 1.59. The second-order valence-electron chi connectivity index (χ2n) is 5.08. The van der Waals surface area contributed by atoms with Crippen LogP contribution in [0.5, 0.6) is 0 Å². The Kier molecular flexibility index (Phi) is 6.67. The van der Waals surface area contributed by atoms with Gasteiger partial charge in [-0.25, -0.2) is 0 Å². The van der Waals surface area contributed by atoms with Crippen LogP contribution in [-0.2, 0) is 9.53 Å². The molecule has 0 aromatic carbocycles. The van der Waals surface area contributed by atoms with Gasteiger partial charge in [0.2, 0.25) is 5.91 Å². The summed E-state index contributed by atoms with van der Waals surface area (Å²) in [4.78, 5) is 11.9. The molecule has 17 heavy (non-hydrogen) atoms. The summed E-state index contributed by atoms with van der Waals surface area (Å²) in [5, 5.41) is 15.8. The lowest BCUT2D eigenvalue weighted by Gasteiger charge is -2.28. The zero-order valence-corrected chi connectivity index (χ0v) is 11.6. The Morgan fingerprint density at radius 3 is 2.41 bits per heavy atom. The van der Waals surface area contributed by atoms with E-state index in [1.54, 1.807) is 14.0 Å². The monoisotopic (exact) mass is 246 g/mol. The van der Waals surface area contributed by atoms with Gasteiger partial charge >= 0.3 is 0 Å². The molecule has 0 spiro atoms. The standard InChI is InChI=1S/C12H26N2O3/c1-6-14-11(2,3)10(15)13-9-12(4,16)7-8-17-5/h14,16H,6-9H2,1-5H3,(H,13,15). The molecular weight excluding hydrogens is 220 g/mol. The molecule has 0 aromatic heterocycles. The van der Waals surface area contributed by atoms with Crippen LogP contribution in [0.25, 0.3) is 0 Å². The highest BCUT2D eigenvalue weighted by Crippen LogP contribution is 2.09. The van der Waals surface area contributed by atoms with Gasteiger partial charge in [0.15, 0.2) is 0 Å². The molecular formula is C12H26N2O3. The molecule has 1 amide bonds. The van der Waals surface area contributed by atoms with Gasteiger partial charge in [-0.3, -0.25) is 4.79 Å². The second kappa shape index (κ2) is 6.93. The number of methoxy groups -OCH3 is 1. The third kappa shape index (κ3) is 6.61. The maximum Gasteiger partial charge on any atom is 0.239 e. The van der Waals surface area contributed by atoms with Crippen molar-refractivity contribution in [3.63, 3.8) is 0 Å². The lowest BCUT2D eigenvalue weighted by atomic mass is 10.0. The molecule has 0 rings (SSSR count). The fourth-order valence-corrected chi connectivity index (χ4v) is 1.42. The van der Waals surface area contributed by atoms with Crippen LogP contribution in [-0.4, -0.2) is 49.0 Å². The van der Waals surface area contributed by atoms with Gasteiger partial charge in [-0.2, -0.15) is 0 Å². The van der Waals surface area contributed by atoms with E-state index >= 15 is 0 Å². The van der Waals surface area contributed by atoms with Gasteiger partial charge in [0, 0.05) is 26.7 Å². The van der Waals surface area contributed by atoms with Gasteiger partial charge in [-0.1, -0.05) is 6.92 Å². The smallest absolute Gasteiger partial charge is 0.239 e. The molecule has 0 heterocycles. The Balaban J connectivity index is 4.14. The third-order valence-electron chi connectivity index (χ3n) is 2.66. The maximum absolute atomic E-state index is 11.9. The van der Waals surface area contributed by atoms with Crippen LogP contribution < -0.4 is 10.6 Å². The maximum atomic E-state index is 11.9. The van der Waals surface area contributed by atoms with E-state index in [-0.39, 0.29) is 12.5 Å². The minimum absolute atomic E-state index is 0.114. The third-order valence-corrected chi connectivity index (χ3v) is 2.66. The average molecular weight is 246 g/mol. The SMILES string of the molecule is CCNC(C)(C)C(=O)NCC(C)(O)CCOC. The average Bonchev–Trinajstić information content (AvgIpc) is 2.23. The Morgan fingerprint density at radius 1 is 1.35 bits per heavy atom. The number of rotatable bonds is 8. The summed E-state index contributed by atoms with van der Waals surface area (Å²) in [6, 6.07) is 0. The minimum Gasteiger partial charge on any atom is -0.388 e. The minimum atomic E-state index is -0.937. The molecule has 0 aliphatic carbocycles. The number of hydrogen-bond donors (Lipinski definition) is 3. The Morgan fingerprint density at radius 2 is 1.94 bits per heavy atom. The lowest BCUT2D eigenvalue weighted by Crippen LogP contribution is -2.55. The number of likely N-dealkylation sites (N-methyl/N-ethyl adjacent to an activating group) is 1. The Hall–Kier alpha value is -0.650. The molecule has 5 nitrogen and oxygen atoms in total. The second-order valence-corrected chi connectivity index (χ2v) is 5.08. The van der Waals surface area contributed by atoms with E-state index in [0.29, 0.717) is 13.0 Å². The highest BCUT2D eigenvalue weighted by atomic mass is 16.5. The first-order valence-electron chi connectivity index (χ1n) is 6.00. The van der Waals surface area contributed by atoms with Gasteiger partial charge in [0.05, 0.1) is 11.1 Å². The summed E-state index contributed by atoms with van der Waals surface area (Å²) in [6.45, 7) is 8.69. The van der Waals surface area contributed by atoms with E-state index in [4.69, 9.17) is 4.74 Å². The molecule has 5 heteroatoms. The first kappa shape index (κ1) is 16.4. The molecule has 0 radical (unpaired) electrons. The van der Waals surface area contributed by atoms with Crippen molar-refractivity contribution in [3.8, 4) is 0 Å². The molecule has 1 atom stereocenters. The highest BCUT2D eigenvalue weighted by molar-refractivity contribution is 5.85. The number of carbonyl (C=O) groups is 1. The van der Waals surface area contributed by atoms with Crippen LogP contribution in [0.1, 0.15) is 34.1 Å². The van der Waals surface area contributed by atoms with E-state index in [0.717, 1.165) is 6.54 Å². The number of carbonyl (C=O) groups excluding carboxylic acids is 1. The van der Waals surface area contributed by atoms with Crippen LogP contribution in [0.4, 0.5) is 0 Å². The van der Waals surface area contributed by atoms with Crippen molar-refractivity contribution in [2.45, 2.75) is 45.3 Å². The summed E-state index contributed by atoms with van der Waals surface area (Å²) < 4.78 is 4.91. The van der Waals surface area contributed by atoms with E-state index in [2.05, 4.69) is 10.6 Å². The van der Waals surface area contributed by atoms with E-state index in [1.807, 2.05) is 20.8 Å². The van der Waals surface area contributed by atoms with Crippen LogP contribution in [0.3, 0.4) is 0 Å². The molecule has 0 saturated heterocycles. The Bertz CT molecular complexity index is 240. The normalized spacial score (nSPS) is 15.4. The van der Waals surface area contributed by atoms with Gasteiger partial charge in [0.1, 0.15) is 0 Å². The quantitative estimate of drug-likeness (QED) is 0.575. The predicted octanol–water partition coefficient (Wildman–Crippen LogP) is 0.278. The predicted molar refractivity (Wildman–Crippen MR) is 67.9 cm³/mol. The van der Waals surface area contributed by atoms with Crippen LogP contribution in [0.2, 0.25) is 0 Å². The molecule has 0 aliphatic rings. The number of hydrogen-bond acceptors (Lipinski definition) is 4. The van der Waals surface area contributed by atoms with Crippen molar-refractivity contribution in [1.82, 2.24) is 10.6 Å². The van der Waals surface area contributed by atoms with Gasteiger partial charge in [-0.05, 0) is 27.3 Å². The summed E-state index contributed by atoms with van der Waals surface area (Å²) in [5.74, 6) is -0.114. The van der Waals surface area contributed by atoms with Crippen molar-refractivity contribution >= 4 is 5.91 Å². The molecule has 0 aliphatic heterocycles. The number of aliphatic hydroxyl groups is 1. The number of ether oxygens (including phenoxy) is 1. The van der Waals surface area contributed by atoms with Gasteiger partial charge in [0.25, 0.3) is 0 Å². The lowest BCUT2D eigenvalue weighted by molar-refractivity contribution is -0.127. The topological polar surface area (TPSA) is 70.6 Å². The molecule has 0 bridgehead atoms. The van der Waals surface area contributed by atoms with E-state index < -0.39 is 11.1 Å². The van der Waals surface area contributed by atoms with Crippen LogP contribution in [0.15, 0.2) is 0 Å². The van der Waals surface area contributed by atoms with Crippen molar-refractivity contribution in [2.24, 2.45) is 0 Å². The zero-order chi connectivity index (χ0) is 13.5. The fourth-order valence-electron chi connectivity index (χ4n) is 1.42. The van der Waals surface area contributed by atoms with E-state index in [9.17, 15) is 9.90 Å². The fraction of sp³-hybridized carbons (Fsp3) is 0.917. The molecule has 0 fully saturated rings. The van der Waals surface area contributed by atoms with Gasteiger partial charge in [-0.15, -0.1) is 0 Å². The number of nitrogens with one attached hydrogen (secondary N) is 2. The largest absolute Gasteiger partial charge is 0.388 e. The molecule has 0 saturated carbocycles. The number of amides is 1. The molecule has 102 valence electrons. The molecule has 1 unspecified atom stereocenters.